The number of methoxy groups -OCH3 is 1. The van der Waals surface area contributed by atoms with Gasteiger partial charge in [-0.15, -0.1) is 0 Å². The molecule has 0 aliphatic carbocycles. The van der Waals surface area contributed by atoms with Crippen molar-refractivity contribution in [3.8, 4) is 5.75 Å². The molecule has 130 valence electrons. The first kappa shape index (κ1) is 18.2. The molecule has 1 unspecified atom stereocenters. The van der Waals surface area contributed by atoms with E-state index in [0.717, 1.165) is 43.2 Å². The van der Waals surface area contributed by atoms with Gasteiger partial charge in [0.2, 0.25) is 0 Å². The number of hydrogen-bond donors (Lipinski definition) is 2. The van der Waals surface area contributed by atoms with Crippen molar-refractivity contribution in [1.82, 2.24) is 14.3 Å². The van der Waals surface area contributed by atoms with Crippen LogP contribution in [-0.4, -0.2) is 47.1 Å². The highest BCUT2D eigenvalue weighted by Crippen LogP contribution is 2.31. The molecule has 6 nitrogen and oxygen atoms in total. The second-order valence-electron chi connectivity index (χ2n) is 6.03. The van der Waals surface area contributed by atoms with Crippen molar-refractivity contribution in [2.75, 3.05) is 33.8 Å². The van der Waals surface area contributed by atoms with Crippen LogP contribution in [-0.2, 0) is 10.2 Å². The quantitative estimate of drug-likeness (QED) is 0.789. The number of para-hydroxylation sites is 1. The zero-order chi connectivity index (χ0) is 16.9. The number of ether oxygens (including phenoxy) is 1. The number of rotatable bonds is 7. The molecule has 2 rings (SSSR count). The molecule has 2 N–H and O–H groups in total. The van der Waals surface area contributed by atoms with Gasteiger partial charge in [-0.3, -0.25) is 4.90 Å². The summed E-state index contributed by atoms with van der Waals surface area (Å²) in [6.07, 6.45) is 2.26. The van der Waals surface area contributed by atoms with Crippen molar-refractivity contribution in [3.63, 3.8) is 0 Å². The maximum absolute atomic E-state index is 11.8. The van der Waals surface area contributed by atoms with Gasteiger partial charge in [0, 0.05) is 19.2 Å². The summed E-state index contributed by atoms with van der Waals surface area (Å²) in [5.41, 5.74) is 1.02. The van der Waals surface area contributed by atoms with Gasteiger partial charge >= 0.3 is 0 Å². The average Bonchev–Trinajstić information content (AvgIpc) is 2.57. The third-order valence-electron chi connectivity index (χ3n) is 4.49. The van der Waals surface area contributed by atoms with Crippen LogP contribution in [0.5, 0.6) is 5.75 Å². The summed E-state index contributed by atoms with van der Waals surface area (Å²) in [6, 6.07) is 7.78. The number of nitrogens with zero attached hydrogens (tertiary/aromatic N) is 1. The highest BCUT2D eigenvalue weighted by atomic mass is 32.2. The van der Waals surface area contributed by atoms with Crippen LogP contribution >= 0.6 is 0 Å². The minimum atomic E-state index is -3.46. The predicted molar refractivity (Wildman–Crippen MR) is 91.7 cm³/mol. The zero-order valence-electron chi connectivity index (χ0n) is 14.1. The first-order valence-corrected chi connectivity index (χ1v) is 9.50. The van der Waals surface area contributed by atoms with Crippen molar-refractivity contribution in [1.29, 1.82) is 0 Å². The van der Waals surface area contributed by atoms with Crippen molar-refractivity contribution < 1.29 is 13.2 Å². The van der Waals surface area contributed by atoms with E-state index in [4.69, 9.17) is 4.74 Å². The van der Waals surface area contributed by atoms with Gasteiger partial charge in [-0.25, -0.2) is 9.44 Å². The Kier molecular flexibility index (Phi) is 6.41. The fourth-order valence-electron chi connectivity index (χ4n) is 2.98. The molecule has 0 spiro atoms. The Labute approximate surface area is 139 Å². The molecule has 0 saturated carbocycles. The predicted octanol–water partition coefficient (Wildman–Crippen LogP) is 1.52. The largest absolute Gasteiger partial charge is 0.496 e. The summed E-state index contributed by atoms with van der Waals surface area (Å²) < 4.78 is 33.9. The van der Waals surface area contributed by atoms with Crippen LogP contribution in [0.15, 0.2) is 24.3 Å². The third-order valence-corrected chi connectivity index (χ3v) is 5.58. The second kappa shape index (κ2) is 8.10. The summed E-state index contributed by atoms with van der Waals surface area (Å²) in [4.78, 5) is 2.34. The van der Waals surface area contributed by atoms with Gasteiger partial charge < -0.3 is 4.74 Å². The minimum Gasteiger partial charge on any atom is -0.496 e. The summed E-state index contributed by atoms with van der Waals surface area (Å²) in [7, 11) is -0.408. The van der Waals surface area contributed by atoms with E-state index in [-0.39, 0.29) is 6.04 Å². The van der Waals surface area contributed by atoms with E-state index in [1.165, 1.54) is 7.05 Å². The summed E-state index contributed by atoms with van der Waals surface area (Å²) >= 11 is 0. The third kappa shape index (κ3) is 4.91. The highest BCUT2D eigenvalue weighted by molar-refractivity contribution is 7.87. The lowest BCUT2D eigenvalue weighted by Gasteiger charge is -2.37. The SMILES string of the molecule is CNS(=O)(=O)NCC(c1ccccc1OC)N1CCC(C)CC1. The van der Waals surface area contributed by atoms with Gasteiger partial charge in [0.25, 0.3) is 10.2 Å². The Morgan fingerprint density at radius 3 is 2.57 bits per heavy atom. The van der Waals surface area contributed by atoms with Gasteiger partial charge in [-0.1, -0.05) is 25.1 Å². The first-order valence-electron chi connectivity index (χ1n) is 8.02. The van der Waals surface area contributed by atoms with Crippen molar-refractivity contribution in [2.24, 2.45) is 5.92 Å². The molecule has 1 saturated heterocycles. The van der Waals surface area contributed by atoms with Gasteiger partial charge in [0.15, 0.2) is 0 Å². The van der Waals surface area contributed by atoms with Gasteiger partial charge in [-0.2, -0.15) is 8.42 Å². The van der Waals surface area contributed by atoms with E-state index in [9.17, 15) is 8.42 Å². The molecule has 1 fully saturated rings. The lowest BCUT2D eigenvalue weighted by molar-refractivity contribution is 0.137. The van der Waals surface area contributed by atoms with E-state index >= 15 is 0 Å². The molecule has 1 aromatic rings. The van der Waals surface area contributed by atoms with Crippen LogP contribution in [0.25, 0.3) is 0 Å². The summed E-state index contributed by atoms with van der Waals surface area (Å²) in [6.45, 7) is 4.51. The Hall–Kier alpha value is -1.15. The van der Waals surface area contributed by atoms with Crippen LogP contribution < -0.4 is 14.2 Å². The van der Waals surface area contributed by atoms with E-state index in [1.54, 1.807) is 7.11 Å². The number of benzene rings is 1. The Morgan fingerprint density at radius 1 is 1.30 bits per heavy atom. The number of piperidine rings is 1. The molecule has 0 amide bonds. The first-order chi connectivity index (χ1) is 11.0. The van der Waals surface area contributed by atoms with Crippen LogP contribution in [0.2, 0.25) is 0 Å². The average molecular weight is 341 g/mol. The highest BCUT2D eigenvalue weighted by Gasteiger charge is 2.27. The van der Waals surface area contributed by atoms with Crippen molar-refractivity contribution >= 4 is 10.2 Å². The molecule has 1 aliphatic rings. The van der Waals surface area contributed by atoms with Crippen LogP contribution in [0.4, 0.5) is 0 Å². The Morgan fingerprint density at radius 2 is 1.96 bits per heavy atom. The Balaban J connectivity index is 2.23. The van der Waals surface area contributed by atoms with E-state index in [1.807, 2.05) is 24.3 Å². The maximum Gasteiger partial charge on any atom is 0.276 e. The molecular formula is C16H27N3O3S. The molecule has 0 aromatic heterocycles. The van der Waals surface area contributed by atoms with Crippen LogP contribution in [0, 0.1) is 5.92 Å². The van der Waals surface area contributed by atoms with Crippen LogP contribution in [0.1, 0.15) is 31.4 Å². The minimum absolute atomic E-state index is 0.0400. The molecule has 23 heavy (non-hydrogen) atoms. The van der Waals surface area contributed by atoms with Gasteiger partial charge in [-0.05, 0) is 37.9 Å². The monoisotopic (exact) mass is 341 g/mol. The summed E-state index contributed by atoms with van der Waals surface area (Å²) in [5.74, 6) is 1.51. The summed E-state index contributed by atoms with van der Waals surface area (Å²) in [5, 5.41) is 0. The lowest BCUT2D eigenvalue weighted by Crippen LogP contribution is -2.44. The molecule has 1 heterocycles. The molecule has 1 aliphatic heterocycles. The Bertz CT molecular complexity index is 598. The second-order valence-corrected chi connectivity index (χ2v) is 7.74. The smallest absolute Gasteiger partial charge is 0.276 e. The standard InChI is InChI=1S/C16H27N3O3S/c1-13-8-10-19(11-9-13)15(12-18-23(20,21)17-2)14-6-4-5-7-16(14)22-3/h4-7,13,15,17-18H,8-12H2,1-3H3. The van der Waals surface area contributed by atoms with Gasteiger partial charge in [0.05, 0.1) is 13.2 Å². The molecule has 0 radical (unpaired) electrons. The van der Waals surface area contributed by atoms with Gasteiger partial charge in [0.1, 0.15) is 5.75 Å². The fraction of sp³-hybridized carbons (Fsp3) is 0.625. The molecule has 1 aromatic carbocycles. The maximum atomic E-state index is 11.8. The van der Waals surface area contributed by atoms with Crippen LogP contribution in [0.3, 0.4) is 0 Å². The number of hydrogen-bond acceptors (Lipinski definition) is 4. The molecule has 1 atom stereocenters. The topological polar surface area (TPSA) is 70.7 Å². The molecular weight excluding hydrogens is 314 g/mol. The lowest BCUT2D eigenvalue weighted by atomic mass is 9.95. The molecule has 7 heteroatoms. The zero-order valence-corrected chi connectivity index (χ0v) is 14.9. The number of nitrogens with one attached hydrogen (secondary N) is 2. The normalized spacial score (nSPS) is 18.7. The van der Waals surface area contributed by atoms with E-state index < -0.39 is 10.2 Å². The number of likely N-dealkylation sites (tertiary alicyclic amines) is 1. The van der Waals surface area contributed by atoms with E-state index in [0.29, 0.717) is 6.54 Å². The van der Waals surface area contributed by atoms with Crippen molar-refractivity contribution in [3.05, 3.63) is 29.8 Å². The molecule has 0 bridgehead atoms. The fourth-order valence-corrected chi connectivity index (χ4v) is 3.50. The van der Waals surface area contributed by atoms with Crippen molar-refractivity contribution in [2.45, 2.75) is 25.8 Å². The van der Waals surface area contributed by atoms with E-state index in [2.05, 4.69) is 21.3 Å².